The van der Waals surface area contributed by atoms with Gasteiger partial charge in [0.05, 0.1) is 6.61 Å². The summed E-state index contributed by atoms with van der Waals surface area (Å²) < 4.78 is 5.11. The van der Waals surface area contributed by atoms with Gasteiger partial charge in [-0.15, -0.1) is 11.3 Å². The smallest absolute Gasteiger partial charge is 0.348 e. The van der Waals surface area contributed by atoms with E-state index < -0.39 is 0 Å². The van der Waals surface area contributed by atoms with E-state index in [0.29, 0.717) is 17.2 Å². The van der Waals surface area contributed by atoms with Crippen LogP contribution in [-0.4, -0.2) is 12.6 Å². The second kappa shape index (κ2) is 5.75. The number of thiophene rings is 1. The minimum atomic E-state index is -0.254. The third-order valence-electron chi connectivity index (χ3n) is 2.14. The van der Waals surface area contributed by atoms with Gasteiger partial charge in [0, 0.05) is 10.6 Å². The molecule has 1 aromatic heterocycles. The zero-order valence-electron chi connectivity index (χ0n) is 9.21. The molecule has 0 aliphatic rings. The summed E-state index contributed by atoms with van der Waals surface area (Å²) >= 11 is 1.39. The van der Waals surface area contributed by atoms with E-state index >= 15 is 0 Å². The van der Waals surface area contributed by atoms with Crippen molar-refractivity contribution in [3.8, 4) is 0 Å². The molecular formula is C11H17NO2S. The van der Waals surface area contributed by atoms with Crippen LogP contribution >= 0.6 is 11.3 Å². The van der Waals surface area contributed by atoms with Crippen LogP contribution in [-0.2, 0) is 4.74 Å². The summed E-state index contributed by atoms with van der Waals surface area (Å²) in [5.41, 5.74) is 6.32. The summed E-state index contributed by atoms with van der Waals surface area (Å²) in [5, 5.41) is 0. The first-order valence-corrected chi connectivity index (χ1v) is 5.99. The maximum absolute atomic E-state index is 11.5. The molecule has 15 heavy (non-hydrogen) atoms. The van der Waals surface area contributed by atoms with Crippen LogP contribution in [0, 0.1) is 6.92 Å². The van der Waals surface area contributed by atoms with Gasteiger partial charge in [-0.2, -0.15) is 0 Å². The average Bonchev–Trinajstić information content (AvgIpc) is 2.54. The van der Waals surface area contributed by atoms with Crippen molar-refractivity contribution < 1.29 is 9.53 Å². The second-order valence-corrected chi connectivity index (χ2v) is 4.72. The van der Waals surface area contributed by atoms with Crippen molar-refractivity contribution in [1.82, 2.24) is 0 Å². The van der Waals surface area contributed by atoms with E-state index in [0.717, 1.165) is 24.1 Å². The summed E-state index contributed by atoms with van der Waals surface area (Å²) in [4.78, 5) is 13.1. The van der Waals surface area contributed by atoms with Crippen LogP contribution in [0.4, 0.5) is 5.69 Å². The molecule has 1 rings (SSSR count). The van der Waals surface area contributed by atoms with Gasteiger partial charge in [0.15, 0.2) is 0 Å². The normalized spacial score (nSPS) is 10.3. The standard InChI is InChI=1S/C11H17NO2S/c1-3-4-5-6-14-11(13)10-7-9(12)8(2)15-10/h7H,3-6,12H2,1-2H3. The zero-order valence-corrected chi connectivity index (χ0v) is 10.0. The first-order chi connectivity index (χ1) is 7.15. The molecule has 2 N–H and O–H groups in total. The van der Waals surface area contributed by atoms with Gasteiger partial charge < -0.3 is 10.5 Å². The Kier molecular flexibility index (Phi) is 4.62. The van der Waals surface area contributed by atoms with Crippen molar-refractivity contribution >= 4 is 23.0 Å². The van der Waals surface area contributed by atoms with Crippen LogP contribution in [0.1, 0.15) is 40.7 Å². The SMILES string of the molecule is CCCCCOC(=O)c1cc(N)c(C)s1. The number of rotatable bonds is 5. The Hall–Kier alpha value is -1.03. The van der Waals surface area contributed by atoms with E-state index in [4.69, 9.17) is 10.5 Å². The van der Waals surface area contributed by atoms with Crippen LogP contribution in [0.15, 0.2) is 6.07 Å². The molecule has 0 unspecified atom stereocenters. The van der Waals surface area contributed by atoms with Crippen molar-refractivity contribution in [3.05, 3.63) is 15.8 Å². The van der Waals surface area contributed by atoms with E-state index in [2.05, 4.69) is 6.92 Å². The van der Waals surface area contributed by atoms with Crippen LogP contribution in [0.25, 0.3) is 0 Å². The molecule has 1 heterocycles. The Balaban J connectivity index is 2.40. The number of nitrogens with two attached hydrogens (primary N) is 1. The van der Waals surface area contributed by atoms with Gasteiger partial charge in [0.25, 0.3) is 0 Å². The summed E-state index contributed by atoms with van der Waals surface area (Å²) in [5.74, 6) is -0.254. The predicted molar refractivity (Wildman–Crippen MR) is 63.3 cm³/mol. The summed E-state index contributed by atoms with van der Waals surface area (Å²) in [7, 11) is 0. The molecular weight excluding hydrogens is 210 g/mol. The highest BCUT2D eigenvalue weighted by molar-refractivity contribution is 7.14. The molecule has 0 aliphatic carbocycles. The predicted octanol–water partition coefficient (Wildman–Crippen LogP) is 2.99. The number of ether oxygens (including phenoxy) is 1. The third kappa shape index (κ3) is 3.55. The monoisotopic (exact) mass is 227 g/mol. The zero-order chi connectivity index (χ0) is 11.3. The molecule has 0 fully saturated rings. The fourth-order valence-electron chi connectivity index (χ4n) is 1.18. The number of unbranched alkanes of at least 4 members (excludes halogenated alkanes) is 2. The molecule has 4 heteroatoms. The number of hydrogen-bond donors (Lipinski definition) is 1. The first-order valence-electron chi connectivity index (χ1n) is 5.18. The largest absolute Gasteiger partial charge is 0.462 e. The van der Waals surface area contributed by atoms with E-state index in [9.17, 15) is 4.79 Å². The molecule has 0 spiro atoms. The topological polar surface area (TPSA) is 52.3 Å². The maximum Gasteiger partial charge on any atom is 0.348 e. The Labute approximate surface area is 94.2 Å². The van der Waals surface area contributed by atoms with E-state index in [1.807, 2.05) is 6.92 Å². The Morgan fingerprint density at radius 1 is 1.53 bits per heavy atom. The number of carbonyl (C=O) groups excluding carboxylic acids is 1. The number of carbonyl (C=O) groups is 1. The molecule has 0 aromatic carbocycles. The number of esters is 1. The summed E-state index contributed by atoms with van der Waals surface area (Å²) in [6.45, 7) is 4.52. The van der Waals surface area contributed by atoms with Crippen LogP contribution < -0.4 is 5.73 Å². The van der Waals surface area contributed by atoms with E-state index in [1.54, 1.807) is 6.07 Å². The van der Waals surface area contributed by atoms with Crippen LogP contribution in [0.2, 0.25) is 0 Å². The van der Waals surface area contributed by atoms with E-state index in [-0.39, 0.29) is 5.97 Å². The summed E-state index contributed by atoms with van der Waals surface area (Å²) in [6.07, 6.45) is 3.16. The lowest BCUT2D eigenvalue weighted by Gasteiger charge is -2.01. The second-order valence-electron chi connectivity index (χ2n) is 3.47. The molecule has 1 aromatic rings. The van der Waals surface area contributed by atoms with Crippen molar-refractivity contribution in [1.29, 1.82) is 0 Å². The molecule has 84 valence electrons. The molecule has 3 nitrogen and oxygen atoms in total. The average molecular weight is 227 g/mol. The highest BCUT2D eigenvalue weighted by Crippen LogP contribution is 2.23. The van der Waals surface area contributed by atoms with E-state index in [1.165, 1.54) is 11.3 Å². The Bertz CT molecular complexity index is 314. The molecule has 0 bridgehead atoms. The summed E-state index contributed by atoms with van der Waals surface area (Å²) in [6, 6.07) is 1.68. The van der Waals surface area contributed by atoms with Crippen molar-refractivity contribution in [2.24, 2.45) is 0 Å². The van der Waals surface area contributed by atoms with Gasteiger partial charge in [0.2, 0.25) is 0 Å². The lowest BCUT2D eigenvalue weighted by molar-refractivity contribution is 0.0504. The van der Waals surface area contributed by atoms with Crippen molar-refractivity contribution in [3.63, 3.8) is 0 Å². The highest BCUT2D eigenvalue weighted by atomic mass is 32.1. The lowest BCUT2D eigenvalue weighted by atomic mass is 10.3. The quantitative estimate of drug-likeness (QED) is 0.621. The van der Waals surface area contributed by atoms with Gasteiger partial charge in [0.1, 0.15) is 4.88 Å². The van der Waals surface area contributed by atoms with Crippen LogP contribution in [0.5, 0.6) is 0 Å². The number of anilines is 1. The Morgan fingerprint density at radius 2 is 2.27 bits per heavy atom. The Morgan fingerprint density at radius 3 is 2.80 bits per heavy atom. The molecule has 0 saturated heterocycles. The lowest BCUT2D eigenvalue weighted by Crippen LogP contribution is -2.04. The van der Waals surface area contributed by atoms with Crippen molar-refractivity contribution in [2.75, 3.05) is 12.3 Å². The molecule has 0 radical (unpaired) electrons. The molecule has 0 atom stereocenters. The highest BCUT2D eigenvalue weighted by Gasteiger charge is 2.11. The van der Waals surface area contributed by atoms with Gasteiger partial charge in [-0.3, -0.25) is 0 Å². The van der Waals surface area contributed by atoms with Crippen molar-refractivity contribution in [2.45, 2.75) is 33.1 Å². The van der Waals surface area contributed by atoms with Gasteiger partial charge >= 0.3 is 5.97 Å². The maximum atomic E-state index is 11.5. The van der Waals surface area contributed by atoms with Crippen LogP contribution in [0.3, 0.4) is 0 Å². The number of nitrogen functional groups attached to an aromatic ring is 1. The first kappa shape index (κ1) is 12.0. The third-order valence-corrected chi connectivity index (χ3v) is 3.18. The fourth-order valence-corrected chi connectivity index (χ4v) is 2.02. The van der Waals surface area contributed by atoms with Gasteiger partial charge in [-0.1, -0.05) is 19.8 Å². The number of hydrogen-bond acceptors (Lipinski definition) is 4. The van der Waals surface area contributed by atoms with Gasteiger partial charge in [-0.25, -0.2) is 4.79 Å². The molecule has 0 aliphatic heterocycles. The molecule has 0 saturated carbocycles. The minimum Gasteiger partial charge on any atom is -0.462 e. The fraction of sp³-hybridized carbons (Fsp3) is 0.545. The number of aryl methyl sites for hydroxylation is 1. The molecule has 0 amide bonds. The minimum absolute atomic E-state index is 0.254. The van der Waals surface area contributed by atoms with Gasteiger partial charge in [-0.05, 0) is 19.4 Å².